The van der Waals surface area contributed by atoms with E-state index < -0.39 is 0 Å². The van der Waals surface area contributed by atoms with E-state index in [1.807, 2.05) is 0 Å². The molecule has 0 N–H and O–H groups in total. The standard InChI is InChI=1S/C19H42N2Si/c1-7-12-16-20(14-9-3)19(11-5,18(6)22)21(15-10-4)17-13-8-2/h6-17H2,1-5,22H3. The molecule has 0 aromatic carbocycles. The summed E-state index contributed by atoms with van der Waals surface area (Å²) in [4.78, 5) is 5.52. The van der Waals surface area contributed by atoms with Crippen LogP contribution in [0.2, 0.25) is 0 Å². The van der Waals surface area contributed by atoms with Crippen molar-refractivity contribution >= 4 is 10.2 Å². The van der Waals surface area contributed by atoms with Crippen LogP contribution in [0.25, 0.3) is 0 Å². The summed E-state index contributed by atoms with van der Waals surface area (Å²) in [5, 5.41) is 1.46. The van der Waals surface area contributed by atoms with Crippen LogP contribution in [0.15, 0.2) is 11.8 Å². The Kier molecular flexibility index (Phi) is 12.2. The van der Waals surface area contributed by atoms with Crippen molar-refractivity contribution in [3.05, 3.63) is 11.8 Å². The zero-order valence-corrected chi connectivity index (χ0v) is 18.4. The first kappa shape index (κ1) is 21.9. The maximum atomic E-state index is 4.50. The van der Waals surface area contributed by atoms with E-state index in [0.29, 0.717) is 0 Å². The summed E-state index contributed by atoms with van der Waals surface area (Å²) in [5.74, 6) is 0. The average molecular weight is 327 g/mol. The zero-order valence-electron chi connectivity index (χ0n) is 16.4. The fraction of sp³-hybridized carbons (Fsp3) is 0.895. The predicted octanol–water partition coefficient (Wildman–Crippen LogP) is 4.00. The monoisotopic (exact) mass is 326 g/mol. The van der Waals surface area contributed by atoms with Gasteiger partial charge in [0, 0.05) is 23.3 Å². The van der Waals surface area contributed by atoms with Gasteiger partial charge in [0.2, 0.25) is 0 Å². The van der Waals surface area contributed by atoms with E-state index in [1.165, 1.54) is 76.3 Å². The van der Waals surface area contributed by atoms with Crippen molar-refractivity contribution in [1.29, 1.82) is 0 Å². The van der Waals surface area contributed by atoms with Gasteiger partial charge in [-0.2, -0.15) is 0 Å². The molecule has 0 amide bonds. The maximum Gasteiger partial charge on any atom is 0.0908 e. The van der Waals surface area contributed by atoms with Crippen molar-refractivity contribution in [3.8, 4) is 0 Å². The molecule has 0 heterocycles. The van der Waals surface area contributed by atoms with Crippen molar-refractivity contribution in [2.24, 2.45) is 0 Å². The fourth-order valence-electron chi connectivity index (χ4n) is 3.69. The average Bonchev–Trinajstić information content (AvgIpc) is 2.50. The molecule has 0 aliphatic heterocycles. The highest BCUT2D eigenvalue weighted by Crippen LogP contribution is 2.32. The molecule has 0 aromatic rings. The first-order chi connectivity index (χ1) is 10.5. The van der Waals surface area contributed by atoms with Crippen molar-refractivity contribution in [3.63, 3.8) is 0 Å². The number of rotatable bonds is 14. The third-order valence-electron chi connectivity index (χ3n) is 4.77. The number of nitrogens with zero attached hydrogens (tertiary/aromatic N) is 2. The normalized spacial score (nSPS) is 12.5. The Hall–Kier alpha value is -0.123. The van der Waals surface area contributed by atoms with Gasteiger partial charge in [0.25, 0.3) is 0 Å². The van der Waals surface area contributed by atoms with Crippen LogP contribution in [0.5, 0.6) is 0 Å². The molecule has 0 atom stereocenters. The highest BCUT2D eigenvalue weighted by Gasteiger charge is 2.40. The van der Waals surface area contributed by atoms with E-state index in [4.69, 9.17) is 0 Å². The minimum absolute atomic E-state index is 0.114. The third kappa shape index (κ3) is 5.82. The van der Waals surface area contributed by atoms with Crippen LogP contribution in [0, 0.1) is 0 Å². The summed E-state index contributed by atoms with van der Waals surface area (Å²) in [6.07, 6.45) is 8.77. The van der Waals surface area contributed by atoms with Crippen LogP contribution < -0.4 is 0 Å². The van der Waals surface area contributed by atoms with Gasteiger partial charge in [-0.15, -0.1) is 6.58 Å². The molecule has 0 radical (unpaired) electrons. The summed E-state index contributed by atoms with van der Waals surface area (Å²) in [6, 6.07) is 0. The molecule has 0 aliphatic rings. The second-order valence-electron chi connectivity index (χ2n) is 6.63. The van der Waals surface area contributed by atoms with E-state index in [1.54, 1.807) is 0 Å². The molecule has 0 rings (SSSR count). The van der Waals surface area contributed by atoms with Crippen LogP contribution in [-0.2, 0) is 0 Å². The van der Waals surface area contributed by atoms with Crippen molar-refractivity contribution in [2.45, 2.75) is 85.2 Å². The Morgan fingerprint density at radius 3 is 1.41 bits per heavy atom. The van der Waals surface area contributed by atoms with Crippen LogP contribution in [0.1, 0.15) is 79.6 Å². The molecular formula is C19H42N2Si. The predicted molar refractivity (Wildman–Crippen MR) is 106 cm³/mol. The highest BCUT2D eigenvalue weighted by molar-refractivity contribution is 6.22. The van der Waals surface area contributed by atoms with E-state index in [2.05, 4.69) is 51.0 Å². The summed E-state index contributed by atoms with van der Waals surface area (Å²) in [6.45, 7) is 20.9. The molecule has 2 nitrogen and oxygen atoms in total. The van der Waals surface area contributed by atoms with Crippen molar-refractivity contribution in [2.75, 3.05) is 26.2 Å². The molecule has 0 saturated heterocycles. The fourth-order valence-corrected chi connectivity index (χ4v) is 4.68. The summed E-state index contributed by atoms with van der Waals surface area (Å²) in [7, 11) is 1.09. The van der Waals surface area contributed by atoms with Gasteiger partial charge >= 0.3 is 0 Å². The Bertz CT molecular complexity index is 273. The zero-order chi connectivity index (χ0) is 17.0. The molecule has 22 heavy (non-hydrogen) atoms. The lowest BCUT2D eigenvalue weighted by Crippen LogP contribution is -2.62. The van der Waals surface area contributed by atoms with Crippen LogP contribution in [0.4, 0.5) is 0 Å². The third-order valence-corrected chi connectivity index (χ3v) is 5.57. The summed E-state index contributed by atoms with van der Waals surface area (Å²) in [5.41, 5.74) is 0.114. The van der Waals surface area contributed by atoms with Gasteiger partial charge in [-0.1, -0.05) is 52.7 Å². The number of hydrogen-bond donors (Lipinski definition) is 0. The van der Waals surface area contributed by atoms with Gasteiger partial charge in [-0.25, -0.2) is 0 Å². The molecule has 0 saturated carbocycles. The second-order valence-corrected chi connectivity index (χ2v) is 7.84. The first-order valence-corrected chi connectivity index (χ1v) is 10.7. The summed E-state index contributed by atoms with van der Waals surface area (Å²) >= 11 is 0. The SMILES string of the molecule is C=C([SiH3])C(CC)(N(CCC)CCCC)N(CCC)CCCC. The molecule has 0 aliphatic carbocycles. The lowest BCUT2D eigenvalue weighted by molar-refractivity contribution is -0.0315. The van der Waals surface area contributed by atoms with Crippen LogP contribution in [-0.4, -0.2) is 51.9 Å². The summed E-state index contributed by atoms with van der Waals surface area (Å²) < 4.78 is 0. The Labute approximate surface area is 143 Å². The van der Waals surface area contributed by atoms with Crippen molar-refractivity contribution in [1.82, 2.24) is 9.80 Å². The van der Waals surface area contributed by atoms with Gasteiger partial charge in [0.15, 0.2) is 0 Å². The second kappa shape index (κ2) is 12.3. The Morgan fingerprint density at radius 2 is 1.18 bits per heavy atom. The van der Waals surface area contributed by atoms with Crippen LogP contribution >= 0.6 is 0 Å². The van der Waals surface area contributed by atoms with Crippen LogP contribution in [0.3, 0.4) is 0 Å². The Balaban J connectivity index is 5.56. The largest absolute Gasteiger partial charge is 0.282 e. The molecular weight excluding hydrogens is 284 g/mol. The van der Waals surface area contributed by atoms with Gasteiger partial charge in [0.05, 0.1) is 5.66 Å². The van der Waals surface area contributed by atoms with E-state index in [0.717, 1.165) is 10.2 Å². The maximum absolute atomic E-state index is 4.50. The highest BCUT2D eigenvalue weighted by atomic mass is 28.1. The minimum atomic E-state index is 0.114. The van der Waals surface area contributed by atoms with E-state index in [-0.39, 0.29) is 5.66 Å². The topological polar surface area (TPSA) is 6.48 Å². The molecule has 0 unspecified atom stereocenters. The van der Waals surface area contributed by atoms with Gasteiger partial charge in [-0.05, 0) is 45.2 Å². The van der Waals surface area contributed by atoms with Gasteiger partial charge in [-0.3, -0.25) is 9.80 Å². The number of unbranched alkanes of at least 4 members (excludes halogenated alkanes) is 2. The smallest absolute Gasteiger partial charge is 0.0908 e. The van der Waals surface area contributed by atoms with E-state index in [9.17, 15) is 0 Å². The molecule has 0 fully saturated rings. The molecule has 0 spiro atoms. The Morgan fingerprint density at radius 1 is 0.773 bits per heavy atom. The van der Waals surface area contributed by atoms with E-state index >= 15 is 0 Å². The van der Waals surface area contributed by atoms with Crippen molar-refractivity contribution < 1.29 is 0 Å². The molecule has 3 heteroatoms. The molecule has 0 aromatic heterocycles. The quantitative estimate of drug-likeness (QED) is 0.352. The first-order valence-electron chi connectivity index (χ1n) is 9.70. The van der Waals surface area contributed by atoms with Gasteiger partial charge in [0.1, 0.15) is 0 Å². The lowest BCUT2D eigenvalue weighted by Gasteiger charge is -2.52. The van der Waals surface area contributed by atoms with Gasteiger partial charge < -0.3 is 0 Å². The lowest BCUT2D eigenvalue weighted by atomic mass is 9.99. The molecule has 132 valence electrons. The minimum Gasteiger partial charge on any atom is -0.282 e. The molecule has 0 bridgehead atoms. The number of hydrogen-bond acceptors (Lipinski definition) is 2.